The lowest BCUT2D eigenvalue weighted by atomic mass is 9.97. The van der Waals surface area contributed by atoms with Gasteiger partial charge in [-0.25, -0.2) is 9.37 Å². The molecule has 5 rings (SSSR count). The maximum atomic E-state index is 13.1. The summed E-state index contributed by atoms with van der Waals surface area (Å²) in [5.74, 6) is 1.19. The fraction of sp³-hybridized carbons (Fsp3) is 0.250. The number of benzene rings is 2. The van der Waals surface area contributed by atoms with Gasteiger partial charge in [0, 0.05) is 37.8 Å². The average Bonchev–Trinajstić information content (AvgIpc) is 3.35. The van der Waals surface area contributed by atoms with Crippen LogP contribution in [0, 0.1) is 5.82 Å². The molecule has 1 fully saturated rings. The molecular formula is C28H26FN3O2. The van der Waals surface area contributed by atoms with E-state index in [1.54, 1.807) is 24.5 Å². The molecule has 0 spiro atoms. The first-order valence-electron chi connectivity index (χ1n) is 11.6. The molecule has 1 saturated heterocycles. The van der Waals surface area contributed by atoms with Gasteiger partial charge >= 0.3 is 0 Å². The van der Waals surface area contributed by atoms with Crippen molar-refractivity contribution in [2.45, 2.75) is 31.6 Å². The molecule has 0 aliphatic carbocycles. The molecule has 2 aromatic carbocycles. The van der Waals surface area contributed by atoms with E-state index in [2.05, 4.69) is 22.1 Å². The molecule has 1 atom stereocenters. The number of pyridine rings is 1. The Morgan fingerprint density at radius 2 is 1.74 bits per heavy atom. The second-order valence-electron chi connectivity index (χ2n) is 8.76. The third-order valence-electron chi connectivity index (χ3n) is 6.22. The molecule has 6 heteroatoms. The second-order valence-corrected chi connectivity index (χ2v) is 8.76. The molecule has 0 bridgehead atoms. The van der Waals surface area contributed by atoms with Crippen LogP contribution in [0.2, 0.25) is 0 Å². The molecule has 1 amide bonds. The first-order valence-corrected chi connectivity index (χ1v) is 11.6. The zero-order valence-corrected chi connectivity index (χ0v) is 18.9. The van der Waals surface area contributed by atoms with E-state index < -0.39 is 0 Å². The molecule has 0 N–H and O–H groups in total. The highest BCUT2D eigenvalue weighted by Gasteiger charge is 2.28. The van der Waals surface area contributed by atoms with Crippen LogP contribution < -0.4 is 0 Å². The quantitative estimate of drug-likeness (QED) is 0.390. The highest BCUT2D eigenvalue weighted by Crippen LogP contribution is 2.28. The Bertz CT molecular complexity index is 1240. The van der Waals surface area contributed by atoms with Crippen LogP contribution in [0.25, 0.3) is 0 Å². The molecule has 1 aliphatic heterocycles. The SMILES string of the molecule is O=C(c1ccc(Cc2ccccc2)nc1)N1CCCC(c2ncc(Cc3ccc(F)cc3)o2)C1. The number of oxazole rings is 1. The first kappa shape index (κ1) is 22.0. The lowest BCUT2D eigenvalue weighted by Crippen LogP contribution is -2.39. The van der Waals surface area contributed by atoms with Crippen LogP contribution in [0.5, 0.6) is 0 Å². The van der Waals surface area contributed by atoms with Crippen LogP contribution in [0.4, 0.5) is 4.39 Å². The van der Waals surface area contributed by atoms with Gasteiger partial charge in [0.25, 0.3) is 5.91 Å². The van der Waals surface area contributed by atoms with E-state index in [1.165, 1.54) is 17.7 Å². The first-order chi connectivity index (χ1) is 16.6. The summed E-state index contributed by atoms with van der Waals surface area (Å²) in [4.78, 5) is 24.0. The van der Waals surface area contributed by atoms with Crippen LogP contribution in [-0.4, -0.2) is 33.9 Å². The van der Waals surface area contributed by atoms with Gasteiger partial charge < -0.3 is 9.32 Å². The van der Waals surface area contributed by atoms with Crippen molar-refractivity contribution in [2.24, 2.45) is 0 Å². The van der Waals surface area contributed by atoms with Gasteiger partial charge in [-0.15, -0.1) is 0 Å². The van der Waals surface area contributed by atoms with E-state index >= 15 is 0 Å². The molecule has 34 heavy (non-hydrogen) atoms. The summed E-state index contributed by atoms with van der Waals surface area (Å²) in [5.41, 5.74) is 3.69. The van der Waals surface area contributed by atoms with Crippen LogP contribution in [0.15, 0.2) is 83.5 Å². The van der Waals surface area contributed by atoms with E-state index in [9.17, 15) is 9.18 Å². The standard InChI is InChI=1S/C28H26FN3O2/c29-24-11-8-21(9-12-24)16-26-18-31-27(34-26)23-7-4-14-32(19-23)28(33)22-10-13-25(30-17-22)15-20-5-2-1-3-6-20/h1-3,5-6,8-13,17-18,23H,4,7,14-16,19H2. The average molecular weight is 456 g/mol. The lowest BCUT2D eigenvalue weighted by Gasteiger charge is -2.31. The number of likely N-dealkylation sites (tertiary alicyclic amines) is 1. The van der Waals surface area contributed by atoms with Crippen molar-refractivity contribution < 1.29 is 13.6 Å². The second kappa shape index (κ2) is 10.00. The highest BCUT2D eigenvalue weighted by atomic mass is 19.1. The zero-order chi connectivity index (χ0) is 23.3. The van der Waals surface area contributed by atoms with E-state index in [1.807, 2.05) is 35.2 Å². The molecule has 1 aliphatic rings. The van der Waals surface area contributed by atoms with Gasteiger partial charge in [0.05, 0.1) is 17.7 Å². The van der Waals surface area contributed by atoms with Crippen LogP contribution >= 0.6 is 0 Å². The third kappa shape index (κ3) is 5.22. The summed E-state index contributed by atoms with van der Waals surface area (Å²) in [6, 6.07) is 20.3. The van der Waals surface area contributed by atoms with Crippen molar-refractivity contribution in [1.82, 2.24) is 14.9 Å². The fourth-order valence-corrected chi connectivity index (χ4v) is 4.40. The number of carbonyl (C=O) groups is 1. The largest absolute Gasteiger partial charge is 0.445 e. The minimum absolute atomic E-state index is 0.0125. The van der Waals surface area contributed by atoms with Gasteiger partial charge in [0.15, 0.2) is 5.89 Å². The number of halogens is 1. The maximum absolute atomic E-state index is 13.1. The predicted octanol–water partition coefficient (Wildman–Crippen LogP) is 5.41. The van der Waals surface area contributed by atoms with Crippen molar-refractivity contribution in [3.8, 4) is 0 Å². The molecule has 5 nitrogen and oxygen atoms in total. The Kier molecular flexibility index (Phi) is 6.47. The lowest BCUT2D eigenvalue weighted by molar-refractivity contribution is 0.0697. The van der Waals surface area contributed by atoms with Gasteiger partial charge in [-0.1, -0.05) is 42.5 Å². The number of aromatic nitrogens is 2. The molecule has 4 aromatic rings. The van der Waals surface area contributed by atoms with Gasteiger partial charge in [-0.3, -0.25) is 9.78 Å². The van der Waals surface area contributed by atoms with Crippen molar-refractivity contribution >= 4 is 5.91 Å². The summed E-state index contributed by atoms with van der Waals surface area (Å²) >= 11 is 0. The van der Waals surface area contributed by atoms with Crippen molar-refractivity contribution in [1.29, 1.82) is 0 Å². The Morgan fingerprint density at radius 3 is 2.50 bits per heavy atom. The summed E-state index contributed by atoms with van der Waals surface area (Å²) in [5, 5.41) is 0. The monoisotopic (exact) mass is 455 g/mol. The van der Waals surface area contributed by atoms with Crippen molar-refractivity contribution in [3.05, 3.63) is 119 Å². The Morgan fingerprint density at radius 1 is 0.941 bits per heavy atom. The summed E-state index contributed by atoms with van der Waals surface area (Å²) < 4.78 is 19.1. The number of hydrogen-bond acceptors (Lipinski definition) is 4. The van der Waals surface area contributed by atoms with Crippen molar-refractivity contribution in [3.63, 3.8) is 0 Å². The molecule has 3 heterocycles. The topological polar surface area (TPSA) is 59.2 Å². The number of amides is 1. The van der Waals surface area contributed by atoms with Crippen molar-refractivity contribution in [2.75, 3.05) is 13.1 Å². The predicted molar refractivity (Wildman–Crippen MR) is 127 cm³/mol. The highest BCUT2D eigenvalue weighted by molar-refractivity contribution is 5.94. The number of nitrogens with zero attached hydrogens (tertiary/aromatic N) is 3. The van der Waals surface area contributed by atoms with Crippen LogP contribution in [0.1, 0.15) is 57.6 Å². The smallest absolute Gasteiger partial charge is 0.255 e. The van der Waals surface area contributed by atoms with Gasteiger partial charge in [0.1, 0.15) is 11.6 Å². The Labute approximate surface area is 198 Å². The third-order valence-corrected chi connectivity index (χ3v) is 6.22. The number of carbonyl (C=O) groups excluding carboxylic acids is 1. The minimum Gasteiger partial charge on any atom is -0.445 e. The Balaban J connectivity index is 1.21. The number of hydrogen-bond donors (Lipinski definition) is 0. The molecule has 0 saturated carbocycles. The molecule has 172 valence electrons. The van der Waals surface area contributed by atoms with Crippen LogP contribution in [-0.2, 0) is 12.8 Å². The fourth-order valence-electron chi connectivity index (χ4n) is 4.40. The van der Waals surface area contributed by atoms with Gasteiger partial charge in [-0.05, 0) is 48.2 Å². The molecule has 1 unspecified atom stereocenters. The van der Waals surface area contributed by atoms with Crippen LogP contribution in [0.3, 0.4) is 0 Å². The van der Waals surface area contributed by atoms with E-state index in [-0.39, 0.29) is 17.6 Å². The molecule has 0 radical (unpaired) electrons. The Hall–Kier alpha value is -3.80. The van der Waals surface area contributed by atoms with Gasteiger partial charge in [0.2, 0.25) is 0 Å². The molecule has 2 aromatic heterocycles. The number of piperidine rings is 1. The summed E-state index contributed by atoms with van der Waals surface area (Å²) in [7, 11) is 0. The number of rotatable bonds is 6. The summed E-state index contributed by atoms with van der Waals surface area (Å²) in [6.45, 7) is 1.28. The summed E-state index contributed by atoms with van der Waals surface area (Å²) in [6.07, 6.45) is 6.53. The van der Waals surface area contributed by atoms with E-state index in [0.29, 0.717) is 31.0 Å². The zero-order valence-electron chi connectivity index (χ0n) is 18.9. The maximum Gasteiger partial charge on any atom is 0.255 e. The van der Waals surface area contributed by atoms with Gasteiger partial charge in [-0.2, -0.15) is 0 Å². The normalized spacial score (nSPS) is 15.9. The molecular weight excluding hydrogens is 429 g/mol. The minimum atomic E-state index is -0.255. The van der Waals surface area contributed by atoms with E-state index in [4.69, 9.17) is 4.42 Å². The van der Waals surface area contributed by atoms with E-state index in [0.717, 1.165) is 36.3 Å².